The summed E-state index contributed by atoms with van der Waals surface area (Å²) in [5.74, 6) is 1.18. The lowest BCUT2D eigenvalue weighted by Crippen LogP contribution is -2.29. The number of fused-ring (bicyclic) bond motifs is 1. The number of hydrogen-bond donors (Lipinski definition) is 1. The van der Waals surface area contributed by atoms with Crippen LogP contribution in [0.25, 0.3) is 0 Å². The molecule has 5 nitrogen and oxygen atoms in total. The number of Topliss-reactive ketones (excluding diaryl/α,β-unsaturated/α-hetero) is 1. The molecule has 2 heterocycles. The second-order valence-electron chi connectivity index (χ2n) is 7.93. The molecule has 2 unspecified atom stereocenters. The molecule has 0 spiro atoms. The topological polar surface area (TPSA) is 64.4 Å². The number of benzene rings is 2. The standard InChI is InChI=1S/C24H20Cl2N2O3/c1-12-21-22(17-8-5-15(25)11-18(17)26)23-19(27-24(21)31-28-12)9-14(10-20(23)29)13-3-6-16(30-2)7-4-13/h3-8,11,14,22,27H,9-10H2,1-2H3. The van der Waals surface area contributed by atoms with Gasteiger partial charge < -0.3 is 14.6 Å². The molecular formula is C24H20Cl2N2O3. The molecule has 0 radical (unpaired) electrons. The van der Waals surface area contributed by atoms with Crippen molar-refractivity contribution >= 4 is 34.9 Å². The number of halogens is 2. The third-order valence-corrected chi connectivity index (χ3v) is 6.68. The predicted molar refractivity (Wildman–Crippen MR) is 120 cm³/mol. The Morgan fingerprint density at radius 1 is 1.13 bits per heavy atom. The van der Waals surface area contributed by atoms with Crippen LogP contribution in [0.3, 0.4) is 0 Å². The first-order valence-corrected chi connectivity index (χ1v) is 10.8. The summed E-state index contributed by atoms with van der Waals surface area (Å²) < 4.78 is 10.8. The van der Waals surface area contributed by atoms with E-state index in [1.807, 2.05) is 37.3 Å². The summed E-state index contributed by atoms with van der Waals surface area (Å²) >= 11 is 12.7. The van der Waals surface area contributed by atoms with Crippen LogP contribution >= 0.6 is 23.2 Å². The number of allylic oxidation sites excluding steroid dienone is 2. The highest BCUT2D eigenvalue weighted by molar-refractivity contribution is 6.35. The van der Waals surface area contributed by atoms with Crippen LogP contribution in [0.15, 0.2) is 58.3 Å². The molecule has 31 heavy (non-hydrogen) atoms. The van der Waals surface area contributed by atoms with Crippen molar-refractivity contribution in [2.75, 3.05) is 12.4 Å². The normalized spacial score (nSPS) is 20.2. The summed E-state index contributed by atoms with van der Waals surface area (Å²) in [4.78, 5) is 13.5. The Bertz CT molecular complexity index is 1210. The first kappa shape index (κ1) is 20.2. The van der Waals surface area contributed by atoms with Gasteiger partial charge in [-0.05, 0) is 54.7 Å². The molecule has 1 N–H and O–H groups in total. The Hall–Kier alpha value is -2.76. The van der Waals surface area contributed by atoms with Gasteiger partial charge in [0.15, 0.2) is 5.78 Å². The molecule has 0 bridgehead atoms. The van der Waals surface area contributed by atoms with Crippen molar-refractivity contribution in [3.05, 3.63) is 86.2 Å². The fraction of sp³-hybridized carbons (Fsp3) is 0.250. The summed E-state index contributed by atoms with van der Waals surface area (Å²) in [5, 5.41) is 8.55. The van der Waals surface area contributed by atoms with Crippen molar-refractivity contribution in [3.8, 4) is 5.75 Å². The van der Waals surface area contributed by atoms with E-state index in [1.165, 1.54) is 0 Å². The average molecular weight is 455 g/mol. The number of carbonyl (C=O) groups is 1. The number of ketones is 1. The molecule has 0 amide bonds. The van der Waals surface area contributed by atoms with Crippen LogP contribution < -0.4 is 10.1 Å². The number of nitrogens with one attached hydrogen (secondary N) is 1. The van der Waals surface area contributed by atoms with E-state index in [2.05, 4.69) is 10.5 Å². The van der Waals surface area contributed by atoms with E-state index in [0.29, 0.717) is 28.8 Å². The number of nitrogens with zero attached hydrogens (tertiary/aromatic N) is 1. The van der Waals surface area contributed by atoms with Gasteiger partial charge in [-0.15, -0.1) is 0 Å². The number of anilines is 1. The summed E-state index contributed by atoms with van der Waals surface area (Å²) in [6, 6.07) is 13.3. The van der Waals surface area contributed by atoms with Crippen LogP contribution in [0.4, 0.5) is 5.88 Å². The van der Waals surface area contributed by atoms with Gasteiger partial charge in [0.2, 0.25) is 5.88 Å². The molecule has 158 valence electrons. The molecule has 1 aliphatic carbocycles. The molecule has 3 aromatic rings. The van der Waals surface area contributed by atoms with Crippen LogP contribution in [-0.4, -0.2) is 18.0 Å². The molecule has 1 aliphatic heterocycles. The van der Waals surface area contributed by atoms with Gasteiger partial charge in [0.1, 0.15) is 5.75 Å². The quantitative estimate of drug-likeness (QED) is 0.505. The van der Waals surface area contributed by atoms with Crippen molar-refractivity contribution in [2.24, 2.45) is 0 Å². The zero-order valence-electron chi connectivity index (χ0n) is 17.0. The summed E-state index contributed by atoms with van der Waals surface area (Å²) in [5.41, 5.74) is 5.09. The summed E-state index contributed by atoms with van der Waals surface area (Å²) in [7, 11) is 1.64. The second-order valence-corrected chi connectivity index (χ2v) is 8.77. The van der Waals surface area contributed by atoms with Crippen LogP contribution in [-0.2, 0) is 4.79 Å². The van der Waals surface area contributed by atoms with Gasteiger partial charge in [0.05, 0.1) is 18.4 Å². The zero-order valence-corrected chi connectivity index (χ0v) is 18.6. The monoisotopic (exact) mass is 454 g/mol. The SMILES string of the molecule is COc1ccc(C2CC(=O)C3=C(C2)Nc2onc(C)c2C3c2ccc(Cl)cc2Cl)cc1. The molecule has 7 heteroatoms. The molecule has 0 fully saturated rings. The largest absolute Gasteiger partial charge is 0.497 e. The molecule has 2 aromatic carbocycles. The Balaban J connectivity index is 1.60. The lowest BCUT2D eigenvalue weighted by atomic mass is 9.72. The van der Waals surface area contributed by atoms with Crippen molar-refractivity contribution in [1.29, 1.82) is 0 Å². The minimum absolute atomic E-state index is 0.0663. The lowest BCUT2D eigenvalue weighted by molar-refractivity contribution is -0.116. The Morgan fingerprint density at radius 2 is 1.90 bits per heavy atom. The molecule has 0 saturated heterocycles. The fourth-order valence-electron chi connectivity index (χ4n) is 4.63. The highest BCUT2D eigenvalue weighted by atomic mass is 35.5. The van der Waals surface area contributed by atoms with Gasteiger partial charge in [0, 0.05) is 33.7 Å². The minimum atomic E-state index is -0.341. The summed E-state index contributed by atoms with van der Waals surface area (Å²) in [6.45, 7) is 1.87. The summed E-state index contributed by atoms with van der Waals surface area (Å²) in [6.07, 6.45) is 1.11. The van der Waals surface area contributed by atoms with Gasteiger partial charge in [-0.3, -0.25) is 4.79 Å². The first-order chi connectivity index (χ1) is 15.0. The predicted octanol–water partition coefficient (Wildman–Crippen LogP) is 6.26. The first-order valence-electron chi connectivity index (χ1n) is 10.0. The molecule has 2 atom stereocenters. The number of hydrogen-bond acceptors (Lipinski definition) is 5. The van der Waals surface area contributed by atoms with Crippen molar-refractivity contribution in [1.82, 2.24) is 5.16 Å². The van der Waals surface area contributed by atoms with Gasteiger partial charge in [0.25, 0.3) is 0 Å². The molecule has 5 rings (SSSR count). The van der Waals surface area contributed by atoms with Crippen LogP contribution in [0.1, 0.15) is 47.1 Å². The van der Waals surface area contributed by atoms with Crippen LogP contribution in [0, 0.1) is 6.92 Å². The number of rotatable bonds is 3. The molecule has 1 aromatic heterocycles. The highest BCUT2D eigenvalue weighted by Crippen LogP contribution is 2.50. The third kappa shape index (κ3) is 3.42. The van der Waals surface area contributed by atoms with Gasteiger partial charge in [-0.2, -0.15) is 0 Å². The second kappa shape index (κ2) is 7.74. The fourth-order valence-corrected chi connectivity index (χ4v) is 5.15. The van der Waals surface area contributed by atoms with E-state index < -0.39 is 0 Å². The Morgan fingerprint density at radius 3 is 2.61 bits per heavy atom. The van der Waals surface area contributed by atoms with E-state index in [-0.39, 0.29) is 17.6 Å². The maximum absolute atomic E-state index is 13.5. The number of carbonyl (C=O) groups excluding carboxylic acids is 1. The number of ether oxygens (including phenoxy) is 1. The van der Waals surface area contributed by atoms with E-state index in [1.54, 1.807) is 19.2 Å². The van der Waals surface area contributed by atoms with E-state index in [0.717, 1.165) is 39.4 Å². The minimum Gasteiger partial charge on any atom is -0.497 e. The highest BCUT2D eigenvalue weighted by Gasteiger charge is 2.41. The maximum atomic E-state index is 13.5. The van der Waals surface area contributed by atoms with Gasteiger partial charge >= 0.3 is 0 Å². The van der Waals surface area contributed by atoms with Crippen molar-refractivity contribution in [2.45, 2.75) is 31.6 Å². The van der Waals surface area contributed by atoms with E-state index in [9.17, 15) is 4.79 Å². The Kier molecular flexibility index (Phi) is 5.03. The average Bonchev–Trinajstić information content (AvgIpc) is 3.13. The van der Waals surface area contributed by atoms with Gasteiger partial charge in [-0.1, -0.05) is 46.6 Å². The molecular weight excluding hydrogens is 435 g/mol. The van der Waals surface area contributed by atoms with Crippen molar-refractivity contribution < 1.29 is 14.1 Å². The maximum Gasteiger partial charge on any atom is 0.233 e. The van der Waals surface area contributed by atoms with Crippen LogP contribution in [0.5, 0.6) is 5.75 Å². The smallest absolute Gasteiger partial charge is 0.233 e. The zero-order chi connectivity index (χ0) is 21.7. The number of methoxy groups -OCH3 is 1. The number of aryl methyl sites for hydroxylation is 1. The molecule has 2 aliphatic rings. The third-order valence-electron chi connectivity index (χ3n) is 6.12. The Labute approximate surface area is 190 Å². The van der Waals surface area contributed by atoms with Crippen molar-refractivity contribution in [3.63, 3.8) is 0 Å². The number of aromatic nitrogens is 1. The van der Waals surface area contributed by atoms with Crippen LogP contribution in [0.2, 0.25) is 10.0 Å². The van der Waals surface area contributed by atoms with Gasteiger partial charge in [-0.25, -0.2) is 0 Å². The van der Waals surface area contributed by atoms with E-state index in [4.69, 9.17) is 32.5 Å². The lowest BCUT2D eigenvalue weighted by Gasteiger charge is -2.34. The van der Waals surface area contributed by atoms with E-state index >= 15 is 0 Å². The molecule has 0 saturated carbocycles.